The van der Waals surface area contributed by atoms with Gasteiger partial charge in [-0.15, -0.1) is 13.2 Å². The normalized spacial score (nSPS) is 11.2. The fraction of sp³-hybridized carbons (Fsp3) is 0.0714. The average Bonchev–Trinajstić information content (AvgIpc) is 2.38. The number of aromatic carboxylic acids is 1. The summed E-state index contributed by atoms with van der Waals surface area (Å²) in [5, 5.41) is 8.97. The summed E-state index contributed by atoms with van der Waals surface area (Å²) >= 11 is 0. The highest BCUT2D eigenvalue weighted by molar-refractivity contribution is 5.92. The van der Waals surface area contributed by atoms with Crippen molar-refractivity contribution in [3.63, 3.8) is 0 Å². The van der Waals surface area contributed by atoms with Crippen molar-refractivity contribution >= 4 is 5.97 Å². The third kappa shape index (κ3) is 3.71. The van der Waals surface area contributed by atoms with Crippen LogP contribution in [0.25, 0.3) is 11.1 Å². The lowest BCUT2D eigenvalue weighted by atomic mass is 10.0. The Kier molecular flexibility index (Phi) is 3.84. The second-order valence-electron chi connectivity index (χ2n) is 4.07. The summed E-state index contributed by atoms with van der Waals surface area (Å²) in [4.78, 5) is 11.0. The Balaban J connectivity index is 2.45. The number of alkyl halides is 3. The molecule has 7 heteroatoms. The van der Waals surface area contributed by atoms with E-state index in [1.165, 1.54) is 18.2 Å². The number of hydrogen-bond donors (Lipinski definition) is 1. The zero-order chi connectivity index (χ0) is 15.6. The van der Waals surface area contributed by atoms with Gasteiger partial charge >= 0.3 is 12.3 Å². The van der Waals surface area contributed by atoms with Crippen molar-refractivity contribution in [1.29, 1.82) is 0 Å². The molecular weight excluding hydrogens is 292 g/mol. The number of rotatable bonds is 3. The largest absolute Gasteiger partial charge is 0.573 e. The van der Waals surface area contributed by atoms with Crippen molar-refractivity contribution < 1.29 is 32.2 Å². The number of benzene rings is 2. The van der Waals surface area contributed by atoms with Gasteiger partial charge in [0, 0.05) is 0 Å². The van der Waals surface area contributed by atoms with Crippen LogP contribution < -0.4 is 4.74 Å². The van der Waals surface area contributed by atoms with E-state index < -0.39 is 29.5 Å². The molecule has 1 N–H and O–H groups in total. The highest BCUT2D eigenvalue weighted by Crippen LogP contribution is 2.30. The van der Waals surface area contributed by atoms with Gasteiger partial charge in [-0.25, -0.2) is 9.18 Å². The lowest BCUT2D eigenvalue weighted by molar-refractivity contribution is -0.274. The second kappa shape index (κ2) is 5.43. The van der Waals surface area contributed by atoms with E-state index >= 15 is 0 Å². The standard InChI is InChI=1S/C14H8F4O3/c15-10-4-1-8(2-5-10)9-3-6-12(21-14(16,17)18)11(7-9)13(19)20/h1-7H,(H,19,20). The molecule has 0 aliphatic heterocycles. The number of carbonyl (C=O) groups is 1. The van der Waals surface area contributed by atoms with Crippen LogP contribution in [0, 0.1) is 5.82 Å². The minimum atomic E-state index is -4.98. The molecule has 3 nitrogen and oxygen atoms in total. The second-order valence-corrected chi connectivity index (χ2v) is 4.07. The molecule has 0 aliphatic rings. The smallest absolute Gasteiger partial charge is 0.478 e. The molecule has 0 aromatic heterocycles. The van der Waals surface area contributed by atoms with Gasteiger partial charge in [0.15, 0.2) is 0 Å². The number of ether oxygens (including phenoxy) is 1. The molecule has 2 rings (SSSR count). The van der Waals surface area contributed by atoms with E-state index in [1.807, 2.05) is 0 Å². The first-order valence-corrected chi connectivity index (χ1v) is 5.65. The van der Waals surface area contributed by atoms with Gasteiger partial charge in [0.25, 0.3) is 0 Å². The number of carboxylic acids is 1. The molecule has 110 valence electrons. The molecule has 2 aromatic rings. The monoisotopic (exact) mass is 300 g/mol. The molecule has 0 saturated heterocycles. The number of hydrogen-bond acceptors (Lipinski definition) is 2. The lowest BCUT2D eigenvalue weighted by Crippen LogP contribution is -2.19. The summed E-state index contributed by atoms with van der Waals surface area (Å²) in [6.07, 6.45) is -4.98. The molecule has 0 atom stereocenters. The first-order valence-electron chi connectivity index (χ1n) is 5.65. The molecule has 2 aromatic carbocycles. The van der Waals surface area contributed by atoms with Crippen LogP contribution in [0.1, 0.15) is 10.4 Å². The predicted octanol–water partition coefficient (Wildman–Crippen LogP) is 4.09. The van der Waals surface area contributed by atoms with Gasteiger partial charge in [0.05, 0.1) is 0 Å². The predicted molar refractivity (Wildman–Crippen MR) is 65.5 cm³/mol. The highest BCUT2D eigenvalue weighted by Gasteiger charge is 2.33. The van der Waals surface area contributed by atoms with Gasteiger partial charge in [0.2, 0.25) is 0 Å². The summed E-state index contributed by atoms with van der Waals surface area (Å²) in [6, 6.07) is 8.32. The molecule has 0 unspecified atom stereocenters. The SMILES string of the molecule is O=C(O)c1cc(-c2ccc(F)cc2)ccc1OC(F)(F)F. The zero-order valence-corrected chi connectivity index (χ0v) is 10.3. The van der Waals surface area contributed by atoms with Gasteiger partial charge in [-0.2, -0.15) is 0 Å². The molecule has 0 aliphatic carbocycles. The molecule has 0 heterocycles. The lowest BCUT2D eigenvalue weighted by Gasteiger charge is -2.12. The number of halogens is 4. The van der Waals surface area contributed by atoms with Gasteiger partial charge < -0.3 is 9.84 Å². The third-order valence-corrected chi connectivity index (χ3v) is 2.61. The quantitative estimate of drug-likeness (QED) is 0.868. The molecule has 0 bridgehead atoms. The molecule has 0 fully saturated rings. The summed E-state index contributed by atoms with van der Waals surface area (Å²) in [6.45, 7) is 0. The maximum absolute atomic E-state index is 12.8. The first-order chi connectivity index (χ1) is 9.76. The summed E-state index contributed by atoms with van der Waals surface area (Å²) in [5.74, 6) is -2.84. The fourth-order valence-electron chi connectivity index (χ4n) is 1.73. The van der Waals surface area contributed by atoms with Crippen molar-refractivity contribution in [3.8, 4) is 16.9 Å². The molecule has 0 amide bonds. The van der Waals surface area contributed by atoms with Crippen LogP contribution in [0.4, 0.5) is 17.6 Å². The average molecular weight is 300 g/mol. The van der Waals surface area contributed by atoms with E-state index in [1.54, 1.807) is 0 Å². The van der Waals surface area contributed by atoms with Gasteiger partial charge in [-0.05, 0) is 35.4 Å². The van der Waals surface area contributed by atoms with Crippen molar-refractivity contribution in [2.75, 3.05) is 0 Å². The maximum Gasteiger partial charge on any atom is 0.573 e. The van der Waals surface area contributed by atoms with Crippen LogP contribution >= 0.6 is 0 Å². The fourth-order valence-corrected chi connectivity index (χ4v) is 1.73. The van der Waals surface area contributed by atoms with Crippen LogP contribution in [-0.2, 0) is 0 Å². The van der Waals surface area contributed by atoms with E-state index in [9.17, 15) is 22.4 Å². The maximum atomic E-state index is 12.8. The van der Waals surface area contributed by atoms with E-state index in [0.717, 1.165) is 24.3 Å². The van der Waals surface area contributed by atoms with Crippen molar-refractivity contribution in [2.24, 2.45) is 0 Å². The Morgan fingerprint density at radius 1 is 1.00 bits per heavy atom. The minimum absolute atomic E-state index is 0.335. The van der Waals surface area contributed by atoms with Crippen LogP contribution in [0.15, 0.2) is 42.5 Å². The Morgan fingerprint density at radius 2 is 1.57 bits per heavy atom. The highest BCUT2D eigenvalue weighted by atomic mass is 19.4. The molecular formula is C14H8F4O3. The Morgan fingerprint density at radius 3 is 2.10 bits per heavy atom. The summed E-state index contributed by atoms with van der Waals surface area (Å²) in [5.41, 5.74) is 0.175. The molecule has 0 saturated carbocycles. The summed E-state index contributed by atoms with van der Waals surface area (Å²) < 4.78 is 53.1. The van der Waals surface area contributed by atoms with Gasteiger partial charge in [-0.3, -0.25) is 0 Å². The minimum Gasteiger partial charge on any atom is -0.478 e. The van der Waals surface area contributed by atoms with E-state index in [-0.39, 0.29) is 0 Å². The van der Waals surface area contributed by atoms with E-state index in [4.69, 9.17) is 5.11 Å². The van der Waals surface area contributed by atoms with Crippen LogP contribution in [0.5, 0.6) is 5.75 Å². The van der Waals surface area contributed by atoms with Gasteiger partial charge in [0.1, 0.15) is 17.1 Å². The Bertz CT molecular complexity index is 663. The molecule has 0 radical (unpaired) electrons. The van der Waals surface area contributed by atoms with E-state index in [2.05, 4.69) is 4.74 Å². The first kappa shape index (κ1) is 14.8. The van der Waals surface area contributed by atoms with Crippen LogP contribution in [0.2, 0.25) is 0 Å². The van der Waals surface area contributed by atoms with E-state index in [0.29, 0.717) is 11.1 Å². The summed E-state index contributed by atoms with van der Waals surface area (Å²) in [7, 11) is 0. The molecule has 21 heavy (non-hydrogen) atoms. The number of carboxylic acid groups (broad SMARTS) is 1. The van der Waals surface area contributed by atoms with Crippen molar-refractivity contribution in [2.45, 2.75) is 6.36 Å². The molecule has 0 spiro atoms. The Hall–Kier alpha value is -2.57. The zero-order valence-electron chi connectivity index (χ0n) is 10.3. The Labute approximate surface area is 116 Å². The van der Waals surface area contributed by atoms with Crippen LogP contribution in [0.3, 0.4) is 0 Å². The van der Waals surface area contributed by atoms with Crippen LogP contribution in [-0.4, -0.2) is 17.4 Å². The van der Waals surface area contributed by atoms with Gasteiger partial charge in [-0.1, -0.05) is 18.2 Å². The topological polar surface area (TPSA) is 46.5 Å². The van der Waals surface area contributed by atoms with Crippen molar-refractivity contribution in [1.82, 2.24) is 0 Å². The third-order valence-electron chi connectivity index (χ3n) is 2.61. The van der Waals surface area contributed by atoms with Crippen molar-refractivity contribution in [3.05, 3.63) is 53.8 Å².